The van der Waals surface area contributed by atoms with E-state index in [2.05, 4.69) is 20.3 Å². The first-order valence-electron chi connectivity index (χ1n) is 6.04. The van der Waals surface area contributed by atoms with Crippen molar-refractivity contribution in [1.29, 1.82) is 0 Å². The van der Waals surface area contributed by atoms with Gasteiger partial charge in [-0.3, -0.25) is 0 Å². The molecule has 2 aromatic heterocycles. The molecule has 8 heteroatoms. The zero-order chi connectivity index (χ0) is 14.8. The highest BCUT2D eigenvalue weighted by molar-refractivity contribution is 7.71. The smallest absolute Gasteiger partial charge is 0.216 e. The monoisotopic (exact) mass is 319 g/mol. The highest BCUT2D eigenvalue weighted by atomic mass is 32.1. The van der Waals surface area contributed by atoms with E-state index in [1.54, 1.807) is 24.4 Å². The third-order valence-corrected chi connectivity index (χ3v) is 3.76. The van der Waals surface area contributed by atoms with Gasteiger partial charge in [0.1, 0.15) is 5.82 Å². The Hall–Kier alpha value is -2.19. The summed E-state index contributed by atoms with van der Waals surface area (Å²) in [5, 5.41) is 13.7. The number of hydrogen-bond acceptors (Lipinski definition) is 5. The quantitative estimate of drug-likeness (QED) is 0.594. The number of halogens is 1. The Labute approximate surface area is 128 Å². The molecule has 21 heavy (non-hydrogen) atoms. The van der Waals surface area contributed by atoms with E-state index in [9.17, 15) is 4.39 Å². The summed E-state index contributed by atoms with van der Waals surface area (Å²) in [6.07, 6.45) is 1.57. The van der Waals surface area contributed by atoms with E-state index in [0.29, 0.717) is 11.4 Å². The molecule has 3 aromatic rings. The standard InChI is InChI=1S/C13H10FN5S2/c1-8-16-9(7-21-8)6-15-19-12(17-18-13(19)20)10-4-2-3-5-11(10)14/h2-7H,1H3,(H,18,20)/b15-6-. The van der Waals surface area contributed by atoms with Crippen molar-refractivity contribution in [3.05, 3.63) is 50.9 Å². The number of aryl methyl sites for hydroxylation is 1. The van der Waals surface area contributed by atoms with Gasteiger partial charge in [0, 0.05) is 5.38 Å². The van der Waals surface area contributed by atoms with Crippen molar-refractivity contribution in [3.63, 3.8) is 0 Å². The zero-order valence-electron chi connectivity index (χ0n) is 10.9. The first kappa shape index (κ1) is 13.8. The lowest BCUT2D eigenvalue weighted by Gasteiger charge is -2.01. The van der Waals surface area contributed by atoms with Gasteiger partial charge in [-0.2, -0.15) is 14.9 Å². The Morgan fingerprint density at radius 3 is 2.95 bits per heavy atom. The molecule has 0 atom stereocenters. The van der Waals surface area contributed by atoms with Crippen molar-refractivity contribution >= 4 is 29.8 Å². The Balaban J connectivity index is 2.04. The zero-order valence-corrected chi connectivity index (χ0v) is 12.6. The van der Waals surface area contributed by atoms with Crippen LogP contribution in [-0.4, -0.2) is 26.1 Å². The molecule has 1 N–H and O–H groups in total. The summed E-state index contributed by atoms with van der Waals surface area (Å²) in [4.78, 5) is 4.28. The maximum Gasteiger partial charge on any atom is 0.216 e. The van der Waals surface area contributed by atoms with Crippen LogP contribution in [0.25, 0.3) is 11.4 Å². The maximum atomic E-state index is 13.9. The van der Waals surface area contributed by atoms with Crippen molar-refractivity contribution in [2.24, 2.45) is 5.10 Å². The van der Waals surface area contributed by atoms with Gasteiger partial charge in [-0.25, -0.2) is 14.5 Å². The first-order chi connectivity index (χ1) is 10.1. The van der Waals surface area contributed by atoms with Gasteiger partial charge < -0.3 is 0 Å². The molecular formula is C13H10FN5S2. The minimum Gasteiger partial charge on any atom is -0.250 e. The molecule has 106 valence electrons. The molecule has 0 saturated heterocycles. The van der Waals surface area contributed by atoms with Crippen LogP contribution in [0.5, 0.6) is 0 Å². The summed E-state index contributed by atoms with van der Waals surface area (Å²) in [5.41, 5.74) is 1.05. The second-order valence-corrected chi connectivity index (χ2v) is 5.63. The molecule has 0 bridgehead atoms. The summed E-state index contributed by atoms with van der Waals surface area (Å²) < 4.78 is 15.5. The number of aromatic nitrogens is 4. The lowest BCUT2D eigenvalue weighted by molar-refractivity contribution is 0.628. The fourth-order valence-corrected chi connectivity index (χ4v) is 2.51. The van der Waals surface area contributed by atoms with Crippen LogP contribution in [0.1, 0.15) is 10.7 Å². The number of nitrogens with one attached hydrogen (secondary N) is 1. The average Bonchev–Trinajstić information content (AvgIpc) is 3.04. The number of benzene rings is 1. The number of nitrogens with zero attached hydrogens (tertiary/aromatic N) is 4. The van der Waals surface area contributed by atoms with Gasteiger partial charge in [0.15, 0.2) is 5.82 Å². The third kappa shape index (κ3) is 2.81. The van der Waals surface area contributed by atoms with Crippen molar-refractivity contribution in [3.8, 4) is 11.4 Å². The molecule has 0 amide bonds. The van der Waals surface area contributed by atoms with E-state index in [4.69, 9.17) is 12.2 Å². The van der Waals surface area contributed by atoms with Crippen molar-refractivity contribution in [2.45, 2.75) is 6.92 Å². The molecule has 1 aromatic carbocycles. The molecule has 0 aliphatic carbocycles. The fourth-order valence-electron chi connectivity index (χ4n) is 1.77. The van der Waals surface area contributed by atoms with E-state index in [0.717, 1.165) is 10.7 Å². The molecule has 0 unspecified atom stereocenters. The van der Waals surface area contributed by atoms with Crippen LogP contribution in [0, 0.1) is 17.5 Å². The Morgan fingerprint density at radius 2 is 2.24 bits per heavy atom. The van der Waals surface area contributed by atoms with E-state index in [1.807, 2.05) is 12.3 Å². The molecule has 0 fully saturated rings. The Kier molecular flexibility index (Phi) is 3.72. The predicted octanol–water partition coefficient (Wildman–Crippen LogP) is 3.39. The van der Waals surface area contributed by atoms with Crippen LogP contribution in [0.4, 0.5) is 4.39 Å². The van der Waals surface area contributed by atoms with Crippen LogP contribution in [-0.2, 0) is 0 Å². The van der Waals surface area contributed by atoms with E-state index < -0.39 is 0 Å². The van der Waals surface area contributed by atoms with Crippen LogP contribution >= 0.6 is 23.6 Å². The highest BCUT2D eigenvalue weighted by Gasteiger charge is 2.12. The average molecular weight is 319 g/mol. The first-order valence-corrected chi connectivity index (χ1v) is 7.33. The van der Waals surface area contributed by atoms with Gasteiger partial charge in [0.25, 0.3) is 0 Å². The number of rotatable bonds is 3. The number of hydrogen-bond donors (Lipinski definition) is 1. The molecule has 0 saturated carbocycles. The highest BCUT2D eigenvalue weighted by Crippen LogP contribution is 2.20. The summed E-state index contributed by atoms with van der Waals surface area (Å²) in [6.45, 7) is 1.91. The van der Waals surface area contributed by atoms with Crippen molar-refractivity contribution in [2.75, 3.05) is 0 Å². The van der Waals surface area contributed by atoms with Gasteiger partial charge in [-0.15, -0.1) is 11.3 Å². The minimum absolute atomic E-state index is 0.288. The van der Waals surface area contributed by atoms with E-state index in [-0.39, 0.29) is 10.6 Å². The lowest BCUT2D eigenvalue weighted by Crippen LogP contribution is -1.96. The minimum atomic E-state index is -0.382. The summed E-state index contributed by atoms with van der Waals surface area (Å²) in [7, 11) is 0. The van der Waals surface area contributed by atoms with Crippen LogP contribution in [0.15, 0.2) is 34.7 Å². The number of thiazole rings is 1. The SMILES string of the molecule is Cc1nc(/C=N\n2c(-c3ccccc3F)n[nH]c2=S)cs1. The Morgan fingerprint density at radius 1 is 1.43 bits per heavy atom. The molecule has 0 aliphatic heterocycles. The molecule has 5 nitrogen and oxygen atoms in total. The summed E-state index contributed by atoms with van der Waals surface area (Å²) >= 11 is 6.66. The molecular weight excluding hydrogens is 309 g/mol. The Bertz CT molecular complexity index is 861. The van der Waals surface area contributed by atoms with Crippen LogP contribution in [0.3, 0.4) is 0 Å². The van der Waals surface area contributed by atoms with E-state index in [1.165, 1.54) is 22.1 Å². The summed E-state index contributed by atoms with van der Waals surface area (Å²) in [5.74, 6) is -0.0613. The largest absolute Gasteiger partial charge is 0.250 e. The predicted molar refractivity (Wildman–Crippen MR) is 82.6 cm³/mol. The van der Waals surface area contributed by atoms with Crippen molar-refractivity contribution < 1.29 is 4.39 Å². The fraction of sp³-hybridized carbons (Fsp3) is 0.0769. The van der Waals surface area contributed by atoms with Crippen molar-refractivity contribution in [1.82, 2.24) is 19.9 Å². The van der Waals surface area contributed by atoms with Gasteiger partial charge in [-0.05, 0) is 31.3 Å². The second-order valence-electron chi connectivity index (χ2n) is 4.18. The molecule has 2 heterocycles. The molecule has 3 rings (SSSR count). The number of H-pyrrole nitrogens is 1. The topological polar surface area (TPSA) is 58.9 Å². The van der Waals surface area contributed by atoms with Gasteiger partial charge >= 0.3 is 0 Å². The van der Waals surface area contributed by atoms with Crippen LogP contribution in [0.2, 0.25) is 0 Å². The van der Waals surface area contributed by atoms with E-state index >= 15 is 0 Å². The normalized spacial score (nSPS) is 11.3. The molecule has 0 spiro atoms. The molecule has 0 radical (unpaired) electrons. The van der Waals surface area contributed by atoms with Gasteiger partial charge in [0.05, 0.1) is 22.5 Å². The van der Waals surface area contributed by atoms with Gasteiger partial charge in [0.2, 0.25) is 4.77 Å². The molecule has 0 aliphatic rings. The lowest BCUT2D eigenvalue weighted by atomic mass is 10.2. The maximum absolute atomic E-state index is 13.9. The summed E-state index contributed by atoms with van der Waals surface area (Å²) in [6, 6.07) is 6.34. The third-order valence-electron chi connectivity index (χ3n) is 2.71. The second kappa shape index (κ2) is 5.66. The number of aromatic amines is 1. The van der Waals surface area contributed by atoms with Crippen LogP contribution < -0.4 is 0 Å². The van der Waals surface area contributed by atoms with Gasteiger partial charge in [-0.1, -0.05) is 12.1 Å².